The molecular formula is C14H24N2O5. The fourth-order valence-electron chi connectivity index (χ4n) is 2.73. The predicted molar refractivity (Wildman–Crippen MR) is 76.1 cm³/mol. The van der Waals surface area contributed by atoms with Gasteiger partial charge < -0.3 is 20.4 Å². The molecule has 0 heterocycles. The molecule has 1 aliphatic rings. The Balaban J connectivity index is 2.53. The number of aliphatic carboxylic acids is 2. The third-order valence-electron chi connectivity index (χ3n) is 3.85. The summed E-state index contributed by atoms with van der Waals surface area (Å²) in [6, 6.07) is -1.22. The lowest BCUT2D eigenvalue weighted by Gasteiger charge is -2.29. The average Bonchev–Trinajstić information content (AvgIpc) is 2.91. The number of rotatable bonds is 8. The second-order valence-electron chi connectivity index (χ2n) is 5.35. The maximum Gasteiger partial charge on any atom is 0.326 e. The number of nitrogens with one attached hydrogen (secondary N) is 1. The first kappa shape index (κ1) is 17.3. The number of carboxylic acid groups (broad SMARTS) is 2. The van der Waals surface area contributed by atoms with Crippen LogP contribution >= 0.6 is 0 Å². The highest BCUT2D eigenvalue weighted by molar-refractivity contribution is 5.82. The maximum absolute atomic E-state index is 12.2. The van der Waals surface area contributed by atoms with Crippen molar-refractivity contribution in [2.75, 3.05) is 6.54 Å². The van der Waals surface area contributed by atoms with Gasteiger partial charge in [0.05, 0.1) is 0 Å². The van der Waals surface area contributed by atoms with E-state index in [1.165, 1.54) is 0 Å². The van der Waals surface area contributed by atoms with Gasteiger partial charge in [-0.15, -0.1) is 0 Å². The van der Waals surface area contributed by atoms with E-state index in [9.17, 15) is 14.4 Å². The summed E-state index contributed by atoms with van der Waals surface area (Å²) in [4.78, 5) is 35.5. The average molecular weight is 300 g/mol. The van der Waals surface area contributed by atoms with Gasteiger partial charge in [0, 0.05) is 19.0 Å². The topological polar surface area (TPSA) is 107 Å². The number of carbonyl (C=O) groups is 3. The van der Waals surface area contributed by atoms with E-state index in [0.29, 0.717) is 6.54 Å². The van der Waals surface area contributed by atoms with Crippen molar-refractivity contribution in [2.45, 2.75) is 64.0 Å². The van der Waals surface area contributed by atoms with Crippen molar-refractivity contribution in [3.63, 3.8) is 0 Å². The van der Waals surface area contributed by atoms with Crippen molar-refractivity contribution in [3.8, 4) is 0 Å². The van der Waals surface area contributed by atoms with Crippen LogP contribution in [0.2, 0.25) is 0 Å². The molecule has 1 fully saturated rings. The Labute approximate surface area is 124 Å². The zero-order valence-electron chi connectivity index (χ0n) is 12.4. The fourth-order valence-corrected chi connectivity index (χ4v) is 2.73. The Hall–Kier alpha value is -1.79. The van der Waals surface area contributed by atoms with Gasteiger partial charge in [-0.3, -0.25) is 4.79 Å². The van der Waals surface area contributed by atoms with E-state index in [0.717, 1.165) is 25.7 Å². The summed E-state index contributed by atoms with van der Waals surface area (Å²) in [5.74, 6) is -2.09. The molecule has 0 aromatic carbocycles. The number of nitrogens with zero attached hydrogens (tertiary/aromatic N) is 1. The van der Waals surface area contributed by atoms with Crippen LogP contribution in [0, 0.1) is 0 Å². The van der Waals surface area contributed by atoms with Gasteiger partial charge in [-0.2, -0.15) is 0 Å². The van der Waals surface area contributed by atoms with Crippen molar-refractivity contribution < 1.29 is 24.6 Å². The van der Waals surface area contributed by atoms with Crippen molar-refractivity contribution >= 4 is 18.0 Å². The SMILES string of the molecule is CCN(C(=O)N[C@H](CCCC(=O)O)C(=O)O)C1CCCC1. The van der Waals surface area contributed by atoms with Gasteiger partial charge >= 0.3 is 18.0 Å². The molecule has 0 bridgehead atoms. The van der Waals surface area contributed by atoms with Crippen molar-refractivity contribution in [3.05, 3.63) is 0 Å². The lowest BCUT2D eigenvalue weighted by Crippen LogP contribution is -2.50. The van der Waals surface area contributed by atoms with Gasteiger partial charge in [0.15, 0.2) is 0 Å². The van der Waals surface area contributed by atoms with Crippen LogP contribution in [0.15, 0.2) is 0 Å². The Bertz CT molecular complexity index is 380. The van der Waals surface area contributed by atoms with E-state index in [-0.39, 0.29) is 31.3 Å². The van der Waals surface area contributed by atoms with Gasteiger partial charge in [-0.25, -0.2) is 9.59 Å². The van der Waals surface area contributed by atoms with E-state index in [4.69, 9.17) is 10.2 Å². The second kappa shape index (κ2) is 8.49. The van der Waals surface area contributed by atoms with Gasteiger partial charge in [0.25, 0.3) is 0 Å². The third kappa shape index (κ3) is 5.61. The molecule has 0 unspecified atom stereocenters. The maximum atomic E-state index is 12.2. The number of hydrogen-bond donors (Lipinski definition) is 3. The van der Waals surface area contributed by atoms with Crippen LogP contribution in [-0.4, -0.2) is 51.7 Å². The largest absolute Gasteiger partial charge is 0.481 e. The first-order chi connectivity index (χ1) is 9.95. The molecule has 7 nitrogen and oxygen atoms in total. The summed E-state index contributed by atoms with van der Waals surface area (Å²) in [6.45, 7) is 2.41. The van der Waals surface area contributed by atoms with Crippen LogP contribution in [0.1, 0.15) is 51.9 Å². The lowest BCUT2D eigenvalue weighted by atomic mass is 10.1. The van der Waals surface area contributed by atoms with E-state index >= 15 is 0 Å². The smallest absolute Gasteiger partial charge is 0.326 e. The van der Waals surface area contributed by atoms with Crippen LogP contribution in [0.3, 0.4) is 0 Å². The summed E-state index contributed by atoms with van der Waals surface area (Å²) in [5.41, 5.74) is 0. The molecule has 1 aliphatic carbocycles. The van der Waals surface area contributed by atoms with Gasteiger partial charge in [0.1, 0.15) is 6.04 Å². The van der Waals surface area contributed by atoms with Crippen LogP contribution < -0.4 is 5.32 Å². The lowest BCUT2D eigenvalue weighted by molar-refractivity contribution is -0.140. The highest BCUT2D eigenvalue weighted by Gasteiger charge is 2.28. The predicted octanol–water partition coefficient (Wildman–Crippen LogP) is 1.67. The third-order valence-corrected chi connectivity index (χ3v) is 3.85. The molecule has 1 saturated carbocycles. The zero-order chi connectivity index (χ0) is 15.8. The molecule has 7 heteroatoms. The molecule has 3 N–H and O–H groups in total. The minimum Gasteiger partial charge on any atom is -0.481 e. The Morgan fingerprint density at radius 2 is 1.86 bits per heavy atom. The van der Waals surface area contributed by atoms with E-state index in [1.807, 2.05) is 6.92 Å². The number of carbonyl (C=O) groups excluding carboxylic acids is 1. The molecule has 21 heavy (non-hydrogen) atoms. The molecule has 0 aromatic rings. The Kier molecular flexibility index (Phi) is 6.98. The summed E-state index contributed by atoms with van der Waals surface area (Å²) in [6.07, 6.45) is 4.35. The Morgan fingerprint density at radius 1 is 1.24 bits per heavy atom. The molecule has 1 atom stereocenters. The van der Waals surface area contributed by atoms with Crippen LogP contribution in [-0.2, 0) is 9.59 Å². The van der Waals surface area contributed by atoms with Crippen molar-refractivity contribution in [1.82, 2.24) is 10.2 Å². The molecule has 0 spiro atoms. The molecule has 0 aromatic heterocycles. The molecule has 1 rings (SSSR count). The summed E-state index contributed by atoms with van der Waals surface area (Å²) in [5, 5.41) is 20.2. The first-order valence-corrected chi connectivity index (χ1v) is 7.47. The molecule has 2 amide bonds. The number of hydrogen-bond acceptors (Lipinski definition) is 3. The van der Waals surface area contributed by atoms with Crippen molar-refractivity contribution in [2.24, 2.45) is 0 Å². The molecule has 0 saturated heterocycles. The van der Waals surface area contributed by atoms with Crippen LogP contribution in [0.25, 0.3) is 0 Å². The van der Waals surface area contributed by atoms with Gasteiger partial charge in [-0.1, -0.05) is 12.8 Å². The highest BCUT2D eigenvalue weighted by atomic mass is 16.4. The quantitative estimate of drug-likeness (QED) is 0.632. The monoisotopic (exact) mass is 300 g/mol. The first-order valence-electron chi connectivity index (χ1n) is 7.47. The second-order valence-corrected chi connectivity index (χ2v) is 5.35. The molecule has 120 valence electrons. The van der Waals surface area contributed by atoms with E-state index in [2.05, 4.69) is 5.32 Å². The van der Waals surface area contributed by atoms with E-state index in [1.54, 1.807) is 4.90 Å². The Morgan fingerprint density at radius 3 is 2.33 bits per heavy atom. The standard InChI is InChI=1S/C14H24N2O5/c1-2-16(10-6-3-4-7-10)14(21)15-11(13(19)20)8-5-9-12(17)18/h10-11H,2-9H2,1H3,(H,15,21)(H,17,18)(H,19,20)/t11-/m1/s1. The highest BCUT2D eigenvalue weighted by Crippen LogP contribution is 2.23. The van der Waals surface area contributed by atoms with Crippen LogP contribution in [0.5, 0.6) is 0 Å². The summed E-state index contributed by atoms with van der Waals surface area (Å²) in [7, 11) is 0. The fraction of sp³-hybridized carbons (Fsp3) is 0.786. The summed E-state index contributed by atoms with van der Waals surface area (Å²) < 4.78 is 0. The number of carboxylic acids is 2. The van der Waals surface area contributed by atoms with Gasteiger partial charge in [0.2, 0.25) is 0 Å². The van der Waals surface area contributed by atoms with Gasteiger partial charge in [-0.05, 0) is 32.6 Å². The normalized spacial score (nSPS) is 16.4. The number of amides is 2. The van der Waals surface area contributed by atoms with Crippen LogP contribution in [0.4, 0.5) is 4.79 Å². The van der Waals surface area contributed by atoms with Crippen molar-refractivity contribution in [1.29, 1.82) is 0 Å². The zero-order valence-corrected chi connectivity index (χ0v) is 12.4. The molecular weight excluding hydrogens is 276 g/mol. The number of urea groups is 1. The minimum atomic E-state index is -1.13. The minimum absolute atomic E-state index is 0.0975. The molecule has 0 radical (unpaired) electrons. The van der Waals surface area contributed by atoms with E-state index < -0.39 is 18.0 Å². The summed E-state index contributed by atoms with van der Waals surface area (Å²) >= 11 is 0. The molecule has 0 aliphatic heterocycles.